The number of aromatic nitrogens is 3. The van der Waals surface area contributed by atoms with E-state index in [0.717, 1.165) is 0 Å². The summed E-state index contributed by atoms with van der Waals surface area (Å²) in [6.45, 7) is 2.55. The van der Waals surface area contributed by atoms with E-state index in [1.807, 2.05) is 0 Å². The zero-order valence-electron chi connectivity index (χ0n) is 9.91. The monoisotopic (exact) mass is 247 g/mol. The van der Waals surface area contributed by atoms with E-state index in [1.165, 1.54) is 16.8 Å². The average molecular weight is 247 g/mol. The van der Waals surface area contributed by atoms with Crippen LogP contribution in [0, 0.1) is 6.92 Å². The molecule has 0 atom stereocenters. The Kier molecular flexibility index (Phi) is 3.27. The first-order chi connectivity index (χ1) is 8.59. The lowest BCUT2D eigenvalue weighted by molar-refractivity contribution is 0.0684. The lowest BCUT2D eigenvalue weighted by atomic mass is 10.4. The fourth-order valence-electron chi connectivity index (χ4n) is 1.77. The van der Waals surface area contributed by atoms with Crippen LogP contribution in [0.5, 0.6) is 0 Å². The van der Waals surface area contributed by atoms with Gasteiger partial charge in [-0.05, 0) is 13.0 Å². The van der Waals surface area contributed by atoms with E-state index >= 15 is 0 Å². The number of hydrogen-bond donors (Lipinski definition) is 1. The number of nitrogens with zero attached hydrogens (tertiary/aromatic N) is 3. The third-order valence-electron chi connectivity index (χ3n) is 2.74. The molecule has 6 nitrogen and oxygen atoms in total. The lowest BCUT2D eigenvalue weighted by Crippen LogP contribution is -2.22. The van der Waals surface area contributed by atoms with Crippen LogP contribution in [0.4, 0.5) is 0 Å². The second kappa shape index (κ2) is 4.87. The Balaban J connectivity index is 2.21. The van der Waals surface area contributed by atoms with E-state index < -0.39 is 5.97 Å². The highest BCUT2D eigenvalue weighted by molar-refractivity contribution is 5.85. The summed E-state index contributed by atoms with van der Waals surface area (Å²) in [5, 5.41) is 9.00. The summed E-state index contributed by atoms with van der Waals surface area (Å²) in [5.41, 5.74) is 0.0311. The highest BCUT2D eigenvalue weighted by Crippen LogP contribution is 2.05. The number of aryl methyl sites for hydroxylation is 2. The molecule has 0 aliphatic carbocycles. The van der Waals surface area contributed by atoms with E-state index in [2.05, 4.69) is 4.98 Å². The van der Waals surface area contributed by atoms with Crippen molar-refractivity contribution in [3.63, 3.8) is 0 Å². The number of rotatable bonds is 4. The van der Waals surface area contributed by atoms with E-state index in [9.17, 15) is 9.59 Å². The molecule has 0 aliphatic heterocycles. The molecule has 0 saturated heterocycles. The summed E-state index contributed by atoms with van der Waals surface area (Å²) < 4.78 is 3.12. The highest BCUT2D eigenvalue weighted by Gasteiger charge is 2.12. The summed E-state index contributed by atoms with van der Waals surface area (Å²) in [5.74, 6) is -0.396. The van der Waals surface area contributed by atoms with Crippen molar-refractivity contribution in [1.82, 2.24) is 14.1 Å². The van der Waals surface area contributed by atoms with Crippen molar-refractivity contribution in [2.24, 2.45) is 0 Å². The molecule has 18 heavy (non-hydrogen) atoms. The van der Waals surface area contributed by atoms with Crippen molar-refractivity contribution in [3.05, 3.63) is 52.5 Å². The van der Waals surface area contributed by atoms with Gasteiger partial charge in [-0.2, -0.15) is 0 Å². The standard InChI is InChI=1S/C12H13N3O3/c1-9-13-8-10(12(17)18)15(9)7-6-14-5-3-2-4-11(14)16/h2-5,8H,6-7H2,1H3,(H,17,18). The van der Waals surface area contributed by atoms with Crippen molar-refractivity contribution >= 4 is 5.97 Å². The third kappa shape index (κ3) is 2.32. The molecule has 0 amide bonds. The Labute approximate surface area is 103 Å². The molecule has 2 aromatic rings. The Morgan fingerprint density at radius 2 is 2.17 bits per heavy atom. The van der Waals surface area contributed by atoms with Crippen LogP contribution in [0.15, 0.2) is 35.4 Å². The molecule has 2 aromatic heterocycles. The van der Waals surface area contributed by atoms with Crippen LogP contribution in [0.2, 0.25) is 0 Å². The van der Waals surface area contributed by atoms with Crippen LogP contribution in [0.25, 0.3) is 0 Å². The van der Waals surface area contributed by atoms with Crippen LogP contribution in [-0.2, 0) is 13.1 Å². The Morgan fingerprint density at radius 3 is 2.83 bits per heavy atom. The largest absolute Gasteiger partial charge is 0.477 e. The van der Waals surface area contributed by atoms with Gasteiger partial charge in [-0.3, -0.25) is 4.79 Å². The van der Waals surface area contributed by atoms with Crippen LogP contribution in [0.1, 0.15) is 16.3 Å². The number of carboxylic acid groups (broad SMARTS) is 1. The van der Waals surface area contributed by atoms with Crippen LogP contribution in [0.3, 0.4) is 0 Å². The maximum Gasteiger partial charge on any atom is 0.354 e. The van der Waals surface area contributed by atoms with Crippen molar-refractivity contribution < 1.29 is 9.90 Å². The molecule has 0 fully saturated rings. The predicted molar refractivity (Wildman–Crippen MR) is 64.6 cm³/mol. The Morgan fingerprint density at radius 1 is 1.39 bits per heavy atom. The molecule has 0 saturated carbocycles. The SMILES string of the molecule is Cc1ncc(C(=O)O)n1CCn1ccccc1=O. The minimum absolute atomic E-state index is 0.104. The van der Waals surface area contributed by atoms with Gasteiger partial charge >= 0.3 is 5.97 Å². The Bertz CT molecular complexity index is 627. The van der Waals surface area contributed by atoms with Gasteiger partial charge in [0.05, 0.1) is 6.20 Å². The minimum Gasteiger partial charge on any atom is -0.477 e. The van der Waals surface area contributed by atoms with E-state index in [0.29, 0.717) is 18.9 Å². The summed E-state index contributed by atoms with van der Waals surface area (Å²) in [7, 11) is 0. The van der Waals surface area contributed by atoms with Gasteiger partial charge in [0.2, 0.25) is 0 Å². The molecule has 1 N–H and O–H groups in total. The zero-order chi connectivity index (χ0) is 13.1. The molecule has 2 rings (SSSR count). The van der Waals surface area contributed by atoms with E-state index in [1.54, 1.807) is 29.8 Å². The normalized spacial score (nSPS) is 10.5. The number of aromatic carboxylic acids is 1. The molecular formula is C12H13N3O3. The van der Waals surface area contributed by atoms with Crippen molar-refractivity contribution in [2.45, 2.75) is 20.0 Å². The maximum absolute atomic E-state index is 11.5. The van der Waals surface area contributed by atoms with E-state index in [-0.39, 0.29) is 11.3 Å². The minimum atomic E-state index is -1.02. The lowest BCUT2D eigenvalue weighted by Gasteiger charge is -2.09. The van der Waals surface area contributed by atoms with Gasteiger partial charge in [-0.25, -0.2) is 9.78 Å². The third-order valence-corrected chi connectivity index (χ3v) is 2.74. The van der Waals surface area contributed by atoms with E-state index in [4.69, 9.17) is 5.11 Å². The smallest absolute Gasteiger partial charge is 0.354 e. The number of carbonyl (C=O) groups is 1. The van der Waals surface area contributed by atoms with Gasteiger partial charge < -0.3 is 14.2 Å². The Hall–Kier alpha value is -2.37. The second-order valence-electron chi connectivity index (χ2n) is 3.88. The van der Waals surface area contributed by atoms with Gasteiger partial charge in [0.25, 0.3) is 5.56 Å². The fraction of sp³-hybridized carbons (Fsp3) is 0.250. The first kappa shape index (κ1) is 12.1. The number of imidazole rings is 1. The van der Waals surface area contributed by atoms with Crippen molar-refractivity contribution in [2.75, 3.05) is 0 Å². The summed E-state index contributed by atoms with van der Waals surface area (Å²) in [6.07, 6.45) is 3.00. The molecular weight excluding hydrogens is 234 g/mol. The van der Waals surface area contributed by atoms with Crippen LogP contribution in [-0.4, -0.2) is 25.2 Å². The number of carboxylic acids is 1. The average Bonchev–Trinajstić information content (AvgIpc) is 2.70. The maximum atomic E-state index is 11.5. The highest BCUT2D eigenvalue weighted by atomic mass is 16.4. The fourth-order valence-corrected chi connectivity index (χ4v) is 1.77. The molecule has 2 heterocycles. The van der Waals surface area contributed by atoms with Gasteiger partial charge in [-0.15, -0.1) is 0 Å². The number of hydrogen-bond acceptors (Lipinski definition) is 3. The molecule has 0 bridgehead atoms. The second-order valence-corrected chi connectivity index (χ2v) is 3.88. The summed E-state index contributed by atoms with van der Waals surface area (Å²) in [4.78, 5) is 26.5. The summed E-state index contributed by atoms with van der Waals surface area (Å²) in [6, 6.07) is 4.91. The molecule has 0 unspecified atom stereocenters. The van der Waals surface area contributed by atoms with Crippen LogP contribution < -0.4 is 5.56 Å². The summed E-state index contributed by atoms with van der Waals surface area (Å²) >= 11 is 0. The molecule has 6 heteroatoms. The predicted octanol–water partition coefficient (Wildman–Crippen LogP) is 0.752. The van der Waals surface area contributed by atoms with Gasteiger partial charge in [0.15, 0.2) is 0 Å². The first-order valence-electron chi connectivity index (χ1n) is 5.50. The number of pyridine rings is 1. The van der Waals surface area contributed by atoms with Gasteiger partial charge in [-0.1, -0.05) is 6.07 Å². The van der Waals surface area contributed by atoms with Crippen molar-refractivity contribution in [1.29, 1.82) is 0 Å². The molecule has 0 radical (unpaired) electrons. The molecule has 0 spiro atoms. The zero-order valence-corrected chi connectivity index (χ0v) is 9.91. The molecule has 94 valence electrons. The van der Waals surface area contributed by atoms with Crippen molar-refractivity contribution in [3.8, 4) is 0 Å². The first-order valence-corrected chi connectivity index (χ1v) is 5.50. The molecule has 0 aromatic carbocycles. The van der Waals surface area contributed by atoms with Gasteiger partial charge in [0.1, 0.15) is 11.5 Å². The van der Waals surface area contributed by atoms with Gasteiger partial charge in [0, 0.05) is 25.4 Å². The topological polar surface area (TPSA) is 77.1 Å². The quantitative estimate of drug-likeness (QED) is 0.865. The van der Waals surface area contributed by atoms with Crippen LogP contribution >= 0.6 is 0 Å². The molecule has 0 aliphatic rings.